The summed E-state index contributed by atoms with van der Waals surface area (Å²) in [6.07, 6.45) is 3.73. The van der Waals surface area contributed by atoms with Crippen molar-refractivity contribution in [3.63, 3.8) is 0 Å². The maximum Gasteiger partial charge on any atom is 0.314 e. The molecule has 19 heavy (non-hydrogen) atoms. The minimum atomic E-state index is -1.02. The molecule has 0 bridgehead atoms. The first-order valence-corrected chi connectivity index (χ1v) is 6.01. The fraction of sp³-hybridized carbons (Fsp3) is 0.200. The van der Waals surface area contributed by atoms with E-state index in [2.05, 4.69) is 4.98 Å². The largest absolute Gasteiger partial charge is 0.481 e. The van der Waals surface area contributed by atoms with Crippen LogP contribution in [0.15, 0.2) is 48.8 Å². The summed E-state index contributed by atoms with van der Waals surface area (Å²) in [5.41, 5.74) is 6.88. The van der Waals surface area contributed by atoms with Crippen molar-refractivity contribution >= 4 is 11.7 Å². The number of carboxylic acid groups (broad SMARTS) is 1. The third-order valence-electron chi connectivity index (χ3n) is 3.28. The maximum absolute atomic E-state index is 11.7. The lowest BCUT2D eigenvalue weighted by Crippen LogP contribution is -2.35. The second kappa shape index (κ2) is 5.10. The summed E-state index contributed by atoms with van der Waals surface area (Å²) in [5.74, 6) is -0.873. The van der Waals surface area contributed by atoms with Gasteiger partial charge in [0.1, 0.15) is 0 Å². The van der Waals surface area contributed by atoms with Gasteiger partial charge in [-0.2, -0.15) is 0 Å². The number of anilines is 1. The van der Waals surface area contributed by atoms with Crippen LogP contribution in [-0.4, -0.2) is 16.1 Å². The Morgan fingerprint density at radius 3 is 2.74 bits per heavy atom. The summed E-state index contributed by atoms with van der Waals surface area (Å²) in [7, 11) is 0. The molecule has 0 aliphatic rings. The van der Waals surface area contributed by atoms with E-state index in [9.17, 15) is 9.90 Å². The molecule has 98 valence electrons. The number of aromatic nitrogens is 1. The zero-order valence-corrected chi connectivity index (χ0v) is 10.7. The molecule has 0 aliphatic carbocycles. The Morgan fingerprint density at radius 1 is 1.37 bits per heavy atom. The second-order valence-corrected chi connectivity index (χ2v) is 4.80. The van der Waals surface area contributed by atoms with E-state index in [0.29, 0.717) is 17.7 Å². The third-order valence-corrected chi connectivity index (χ3v) is 3.28. The van der Waals surface area contributed by atoms with E-state index in [4.69, 9.17) is 5.73 Å². The van der Waals surface area contributed by atoms with E-state index >= 15 is 0 Å². The van der Waals surface area contributed by atoms with Crippen LogP contribution in [0.5, 0.6) is 0 Å². The molecular formula is C15H16N2O2. The minimum absolute atomic E-state index is 0.375. The van der Waals surface area contributed by atoms with Crippen LogP contribution in [-0.2, 0) is 16.6 Å². The monoisotopic (exact) mass is 256 g/mol. The maximum atomic E-state index is 11.7. The van der Waals surface area contributed by atoms with Gasteiger partial charge in [-0.1, -0.05) is 18.2 Å². The van der Waals surface area contributed by atoms with Gasteiger partial charge in [0.15, 0.2) is 0 Å². The van der Waals surface area contributed by atoms with Crippen molar-refractivity contribution in [1.29, 1.82) is 0 Å². The standard InChI is InChI=1S/C15H16N2O2/c1-15(14(18)19,9-11-4-3-7-17-10-11)12-5-2-6-13(16)8-12/h2-8,10H,9,16H2,1H3,(H,18,19). The van der Waals surface area contributed by atoms with Gasteiger partial charge in [-0.3, -0.25) is 9.78 Å². The van der Waals surface area contributed by atoms with Crippen LogP contribution in [0.4, 0.5) is 5.69 Å². The molecule has 1 unspecified atom stereocenters. The van der Waals surface area contributed by atoms with Crippen LogP contribution < -0.4 is 5.73 Å². The molecule has 0 spiro atoms. The Balaban J connectivity index is 2.41. The fourth-order valence-corrected chi connectivity index (χ4v) is 2.09. The number of hydrogen-bond donors (Lipinski definition) is 2. The smallest absolute Gasteiger partial charge is 0.314 e. The molecule has 0 radical (unpaired) electrons. The first-order chi connectivity index (χ1) is 9.02. The number of carboxylic acids is 1. The molecule has 2 aromatic rings. The van der Waals surface area contributed by atoms with E-state index in [0.717, 1.165) is 5.56 Å². The zero-order chi connectivity index (χ0) is 13.9. The molecule has 0 amide bonds. The van der Waals surface area contributed by atoms with Gasteiger partial charge >= 0.3 is 5.97 Å². The lowest BCUT2D eigenvalue weighted by molar-refractivity contribution is -0.143. The summed E-state index contributed by atoms with van der Waals surface area (Å²) in [5, 5.41) is 9.58. The predicted octanol–water partition coefficient (Wildman–Crippen LogP) is 2.25. The highest BCUT2D eigenvalue weighted by molar-refractivity contribution is 5.81. The van der Waals surface area contributed by atoms with Gasteiger partial charge in [0.25, 0.3) is 0 Å². The predicted molar refractivity (Wildman–Crippen MR) is 73.8 cm³/mol. The van der Waals surface area contributed by atoms with Gasteiger partial charge < -0.3 is 10.8 Å². The Bertz CT molecular complexity index is 584. The minimum Gasteiger partial charge on any atom is -0.481 e. The number of pyridine rings is 1. The van der Waals surface area contributed by atoms with Gasteiger partial charge in [-0.05, 0) is 42.7 Å². The summed E-state index contributed by atoms with van der Waals surface area (Å²) in [6.45, 7) is 1.71. The average molecular weight is 256 g/mol. The highest BCUT2D eigenvalue weighted by atomic mass is 16.4. The molecule has 1 heterocycles. The van der Waals surface area contributed by atoms with Gasteiger partial charge in [0.2, 0.25) is 0 Å². The van der Waals surface area contributed by atoms with Crippen molar-refractivity contribution in [2.24, 2.45) is 0 Å². The fourth-order valence-electron chi connectivity index (χ4n) is 2.09. The Hall–Kier alpha value is -2.36. The summed E-state index contributed by atoms with van der Waals surface area (Å²) >= 11 is 0. The summed E-state index contributed by atoms with van der Waals surface area (Å²) in [4.78, 5) is 15.7. The van der Waals surface area contributed by atoms with Crippen molar-refractivity contribution in [2.45, 2.75) is 18.8 Å². The lowest BCUT2D eigenvalue weighted by atomic mass is 9.77. The van der Waals surface area contributed by atoms with Gasteiger partial charge in [-0.15, -0.1) is 0 Å². The van der Waals surface area contributed by atoms with E-state index < -0.39 is 11.4 Å². The molecule has 3 N–H and O–H groups in total. The van der Waals surface area contributed by atoms with Gasteiger partial charge in [-0.25, -0.2) is 0 Å². The SMILES string of the molecule is CC(Cc1cccnc1)(C(=O)O)c1cccc(N)c1. The first kappa shape index (κ1) is 13.1. The van der Waals surface area contributed by atoms with Crippen LogP contribution in [0.25, 0.3) is 0 Å². The molecule has 0 fully saturated rings. The number of hydrogen-bond acceptors (Lipinski definition) is 3. The number of rotatable bonds is 4. The molecule has 0 saturated carbocycles. The number of aliphatic carboxylic acids is 1. The normalized spacial score (nSPS) is 13.7. The molecule has 0 aliphatic heterocycles. The Labute approximate surface area is 111 Å². The van der Waals surface area contributed by atoms with Crippen molar-refractivity contribution < 1.29 is 9.90 Å². The average Bonchev–Trinajstić information content (AvgIpc) is 2.39. The van der Waals surface area contributed by atoms with Gasteiger partial charge in [0.05, 0.1) is 5.41 Å². The Kier molecular flexibility index (Phi) is 3.51. The highest BCUT2D eigenvalue weighted by Crippen LogP contribution is 2.29. The molecular weight excluding hydrogens is 240 g/mol. The number of nitrogens with two attached hydrogens (primary N) is 1. The van der Waals surface area contributed by atoms with E-state index in [1.165, 1.54) is 0 Å². The summed E-state index contributed by atoms with van der Waals surface area (Å²) in [6, 6.07) is 10.7. The number of carbonyl (C=O) groups is 1. The van der Waals surface area contributed by atoms with E-state index in [-0.39, 0.29) is 0 Å². The zero-order valence-electron chi connectivity index (χ0n) is 10.7. The molecule has 2 rings (SSSR count). The molecule has 0 saturated heterocycles. The number of benzene rings is 1. The van der Waals surface area contributed by atoms with Gasteiger partial charge in [0, 0.05) is 18.1 Å². The summed E-state index contributed by atoms with van der Waals surface area (Å²) < 4.78 is 0. The molecule has 4 nitrogen and oxygen atoms in total. The number of nitrogens with zero attached hydrogens (tertiary/aromatic N) is 1. The van der Waals surface area contributed by atoms with Crippen molar-refractivity contribution in [2.75, 3.05) is 5.73 Å². The number of nitrogen functional groups attached to an aromatic ring is 1. The molecule has 4 heteroatoms. The molecule has 1 aromatic carbocycles. The first-order valence-electron chi connectivity index (χ1n) is 6.01. The van der Waals surface area contributed by atoms with E-state index in [1.54, 1.807) is 49.6 Å². The van der Waals surface area contributed by atoms with Crippen LogP contribution in [0.3, 0.4) is 0 Å². The Morgan fingerprint density at radius 2 is 2.16 bits per heavy atom. The van der Waals surface area contributed by atoms with Crippen molar-refractivity contribution in [3.05, 3.63) is 59.9 Å². The van der Waals surface area contributed by atoms with Crippen LogP contribution >= 0.6 is 0 Å². The second-order valence-electron chi connectivity index (χ2n) is 4.80. The molecule has 1 atom stereocenters. The highest BCUT2D eigenvalue weighted by Gasteiger charge is 2.35. The van der Waals surface area contributed by atoms with Crippen LogP contribution in [0, 0.1) is 0 Å². The quantitative estimate of drug-likeness (QED) is 0.822. The lowest BCUT2D eigenvalue weighted by Gasteiger charge is -2.25. The van der Waals surface area contributed by atoms with Crippen LogP contribution in [0.1, 0.15) is 18.1 Å². The van der Waals surface area contributed by atoms with Crippen molar-refractivity contribution in [1.82, 2.24) is 4.98 Å². The molecule has 1 aromatic heterocycles. The van der Waals surface area contributed by atoms with Crippen LogP contribution in [0.2, 0.25) is 0 Å². The third kappa shape index (κ3) is 2.73. The van der Waals surface area contributed by atoms with Crippen molar-refractivity contribution in [3.8, 4) is 0 Å². The topological polar surface area (TPSA) is 76.2 Å². The van der Waals surface area contributed by atoms with E-state index in [1.807, 2.05) is 6.07 Å².